The molecule has 2 aliphatic rings. The number of hydrogen-bond acceptors (Lipinski definition) is 11. The highest BCUT2D eigenvalue weighted by molar-refractivity contribution is 7.09. The summed E-state index contributed by atoms with van der Waals surface area (Å²) in [6.07, 6.45) is 4.84. The van der Waals surface area contributed by atoms with Crippen molar-refractivity contribution in [1.82, 2.24) is 35.6 Å². The average molecular weight is 870 g/mol. The van der Waals surface area contributed by atoms with Crippen LogP contribution in [0.25, 0.3) is 0 Å². The van der Waals surface area contributed by atoms with Crippen molar-refractivity contribution >= 4 is 52.7 Å². The fourth-order valence-corrected chi connectivity index (χ4v) is 8.80. The van der Waals surface area contributed by atoms with Gasteiger partial charge in [0.15, 0.2) is 6.10 Å². The van der Waals surface area contributed by atoms with Gasteiger partial charge in [-0.3, -0.25) is 43.4 Å². The third-order valence-electron chi connectivity index (χ3n) is 11.7. The van der Waals surface area contributed by atoms with Gasteiger partial charge in [0.1, 0.15) is 23.3 Å². The molecule has 6 amide bonds. The highest BCUT2D eigenvalue weighted by atomic mass is 32.1. The van der Waals surface area contributed by atoms with Gasteiger partial charge >= 0.3 is 5.97 Å². The van der Waals surface area contributed by atoms with Crippen molar-refractivity contribution in [3.63, 3.8) is 0 Å². The third-order valence-corrected chi connectivity index (χ3v) is 12.7. The summed E-state index contributed by atoms with van der Waals surface area (Å²) in [7, 11) is 3.64. The summed E-state index contributed by atoms with van der Waals surface area (Å²) in [5, 5.41) is 11.0. The number of hydrogen-bond donors (Lipinski definition) is 3. The molecule has 0 aliphatic carbocycles. The van der Waals surface area contributed by atoms with E-state index in [1.807, 2.05) is 63.9 Å². The first-order chi connectivity index (χ1) is 29.6. The lowest BCUT2D eigenvalue weighted by Crippen LogP contribution is -2.58. The number of nitrogens with one attached hydrogen (secondary N) is 3. The van der Waals surface area contributed by atoms with Crippen molar-refractivity contribution in [2.45, 2.75) is 103 Å². The number of piperidine rings is 1. The molecule has 2 aliphatic heterocycles. The van der Waals surface area contributed by atoms with E-state index < -0.39 is 66.4 Å². The predicted molar refractivity (Wildman–Crippen MR) is 234 cm³/mol. The number of nitrogens with zero attached hydrogens (tertiary/aromatic N) is 4. The average Bonchev–Trinajstić information content (AvgIpc) is 3.88. The van der Waals surface area contributed by atoms with Gasteiger partial charge in [-0.05, 0) is 49.4 Å². The monoisotopic (exact) mass is 869 g/mol. The summed E-state index contributed by atoms with van der Waals surface area (Å²) in [4.78, 5) is 102. The van der Waals surface area contributed by atoms with Crippen LogP contribution in [0.15, 0.2) is 78.2 Å². The molecule has 62 heavy (non-hydrogen) atoms. The van der Waals surface area contributed by atoms with Gasteiger partial charge < -0.3 is 25.6 Å². The molecule has 1 aromatic heterocycles. The molecule has 16 heteroatoms. The van der Waals surface area contributed by atoms with Crippen LogP contribution in [0, 0.1) is 11.8 Å². The third kappa shape index (κ3) is 12.0. The standard InChI is InChI=1S/C46H59N7O8S/c1-8-29(4)40(49-44(59)34-21-15-16-24-51(34)6)46(60)52(7)35(28(2)3)25-36(61-30(5)54)45-47-33(27-62-45)43(58)50-42(32-19-13-10-14-20-32)41(31-17-11-9-12-18-31)48-37(55)26-53-38(56)22-23-39(53)57/h9-14,17-20,22-23,27-29,34-36,40-42H,8,15-16,21,24-26H2,1-7H3,(H,48,55)(H,49,59)(H,50,58)/t29-,34+,35+,36+,40-,41-,42-/m0/s1. The van der Waals surface area contributed by atoms with E-state index in [0.717, 1.165) is 54.2 Å². The van der Waals surface area contributed by atoms with E-state index in [1.165, 1.54) is 6.92 Å². The minimum Gasteiger partial charge on any atom is -0.455 e. The quantitative estimate of drug-likeness (QED) is 0.111. The Kier molecular flexibility index (Phi) is 16.7. The maximum Gasteiger partial charge on any atom is 0.303 e. The Morgan fingerprint density at radius 1 is 0.887 bits per heavy atom. The van der Waals surface area contributed by atoms with E-state index in [0.29, 0.717) is 22.6 Å². The largest absolute Gasteiger partial charge is 0.455 e. The van der Waals surface area contributed by atoms with Crippen LogP contribution in [-0.2, 0) is 33.5 Å². The Bertz CT molecular complexity index is 2080. The van der Waals surface area contributed by atoms with Crippen molar-refractivity contribution < 1.29 is 38.3 Å². The Balaban J connectivity index is 1.38. The maximum atomic E-state index is 14.3. The zero-order valence-corrected chi connectivity index (χ0v) is 37.4. The van der Waals surface area contributed by atoms with Crippen LogP contribution in [-0.4, -0.2) is 106 Å². The molecule has 2 aromatic carbocycles. The first-order valence-corrected chi connectivity index (χ1v) is 22.1. The summed E-state index contributed by atoms with van der Waals surface area (Å²) >= 11 is 1.14. The molecule has 15 nitrogen and oxygen atoms in total. The van der Waals surface area contributed by atoms with Crippen molar-refractivity contribution in [2.24, 2.45) is 11.8 Å². The van der Waals surface area contributed by atoms with Gasteiger partial charge in [0.05, 0.1) is 18.1 Å². The van der Waals surface area contributed by atoms with Gasteiger partial charge in [-0.25, -0.2) is 4.98 Å². The fourth-order valence-electron chi connectivity index (χ4n) is 7.96. The van der Waals surface area contributed by atoms with Gasteiger partial charge in [-0.2, -0.15) is 0 Å². The number of aromatic nitrogens is 1. The number of benzene rings is 2. The van der Waals surface area contributed by atoms with Crippen molar-refractivity contribution in [2.75, 3.05) is 27.2 Å². The van der Waals surface area contributed by atoms with E-state index in [-0.39, 0.29) is 41.8 Å². The number of rotatable bonds is 19. The number of amides is 6. The van der Waals surface area contributed by atoms with Crippen LogP contribution in [0.4, 0.5) is 0 Å². The first-order valence-electron chi connectivity index (χ1n) is 21.2. The first kappa shape index (κ1) is 47.3. The van der Waals surface area contributed by atoms with E-state index in [1.54, 1.807) is 53.7 Å². The van der Waals surface area contributed by atoms with Crippen LogP contribution in [0.3, 0.4) is 0 Å². The number of ether oxygens (including phenoxy) is 1. The van der Waals surface area contributed by atoms with Gasteiger partial charge in [-0.15, -0.1) is 11.3 Å². The van der Waals surface area contributed by atoms with Gasteiger partial charge in [-0.1, -0.05) is 101 Å². The van der Waals surface area contributed by atoms with Crippen LogP contribution in [0.5, 0.6) is 0 Å². The Hall–Kier alpha value is -5.74. The predicted octanol–water partition coefficient (Wildman–Crippen LogP) is 4.89. The number of thiazole rings is 1. The minimum atomic E-state index is -0.916. The van der Waals surface area contributed by atoms with Crippen LogP contribution < -0.4 is 16.0 Å². The zero-order valence-electron chi connectivity index (χ0n) is 36.5. The maximum absolute atomic E-state index is 14.3. The van der Waals surface area contributed by atoms with E-state index in [9.17, 15) is 33.6 Å². The van der Waals surface area contributed by atoms with E-state index >= 15 is 0 Å². The molecule has 5 rings (SSSR count). The van der Waals surface area contributed by atoms with Crippen LogP contribution >= 0.6 is 11.3 Å². The molecule has 7 atom stereocenters. The second-order valence-corrected chi connectivity index (χ2v) is 17.3. The number of likely N-dealkylation sites (N-methyl/N-ethyl adjacent to an activating group) is 2. The number of imide groups is 1. The van der Waals surface area contributed by atoms with E-state index in [2.05, 4.69) is 20.9 Å². The normalized spacial score (nSPS) is 18.3. The lowest BCUT2D eigenvalue weighted by molar-refractivity contribution is -0.149. The number of carbonyl (C=O) groups excluding carboxylic acids is 7. The molecule has 332 valence electrons. The Morgan fingerprint density at radius 3 is 2.03 bits per heavy atom. The lowest BCUT2D eigenvalue weighted by atomic mass is 9.92. The molecule has 1 saturated heterocycles. The molecule has 3 heterocycles. The fraction of sp³-hybridized carbons (Fsp3) is 0.478. The summed E-state index contributed by atoms with van der Waals surface area (Å²) in [6, 6.07) is 14.8. The summed E-state index contributed by atoms with van der Waals surface area (Å²) in [6.45, 7) is 9.46. The highest BCUT2D eigenvalue weighted by Gasteiger charge is 2.38. The summed E-state index contributed by atoms with van der Waals surface area (Å²) in [5.41, 5.74) is 1.35. The zero-order chi connectivity index (χ0) is 45.1. The number of likely N-dealkylation sites (tertiary alicyclic amines) is 1. The van der Waals surface area contributed by atoms with Crippen molar-refractivity contribution in [1.29, 1.82) is 0 Å². The summed E-state index contributed by atoms with van der Waals surface area (Å²) in [5.74, 6) is -3.59. The second kappa shape index (κ2) is 21.9. The molecule has 0 unspecified atom stereocenters. The molecule has 0 spiro atoms. The topological polar surface area (TPSA) is 187 Å². The molecular formula is C46H59N7O8S. The van der Waals surface area contributed by atoms with Crippen LogP contribution in [0.2, 0.25) is 0 Å². The number of esters is 1. The molecule has 0 saturated carbocycles. The molecule has 1 fully saturated rings. The minimum absolute atomic E-state index is 0.0401. The van der Waals surface area contributed by atoms with E-state index in [4.69, 9.17) is 4.74 Å². The van der Waals surface area contributed by atoms with Gasteiger partial charge in [0, 0.05) is 44.0 Å². The Labute approximate surface area is 367 Å². The molecule has 3 N–H and O–H groups in total. The van der Waals surface area contributed by atoms with Gasteiger partial charge in [0.2, 0.25) is 17.7 Å². The highest BCUT2D eigenvalue weighted by Crippen LogP contribution is 2.33. The second-order valence-electron chi connectivity index (χ2n) is 16.4. The smallest absolute Gasteiger partial charge is 0.303 e. The van der Waals surface area contributed by atoms with Crippen molar-refractivity contribution in [3.8, 4) is 0 Å². The summed E-state index contributed by atoms with van der Waals surface area (Å²) < 4.78 is 5.84. The molecule has 3 aromatic rings. The SMILES string of the molecule is CC[C@H](C)[C@H](NC(=O)[C@H]1CCCCN1C)C(=O)N(C)[C@H](C[C@@H](OC(C)=O)c1nc(C(=O)N[C@@H](c2ccccc2)[C@@H](NC(=O)CN2C(=O)C=CC2=O)c2ccccc2)cs1)C(C)C. The van der Waals surface area contributed by atoms with Gasteiger partial charge in [0.25, 0.3) is 17.7 Å². The Morgan fingerprint density at radius 2 is 1.48 bits per heavy atom. The lowest BCUT2D eigenvalue weighted by Gasteiger charge is -2.38. The molecular weight excluding hydrogens is 811 g/mol. The number of carbonyl (C=O) groups is 7. The van der Waals surface area contributed by atoms with Crippen molar-refractivity contribution in [3.05, 3.63) is 100 Å². The van der Waals surface area contributed by atoms with Crippen LogP contribution in [0.1, 0.15) is 112 Å². The molecule has 0 bridgehead atoms. The molecule has 0 radical (unpaired) electrons.